The van der Waals surface area contributed by atoms with Crippen LogP contribution < -0.4 is 5.73 Å². The Morgan fingerprint density at radius 3 is 2.61 bits per heavy atom. The van der Waals surface area contributed by atoms with Crippen molar-refractivity contribution in [3.8, 4) is 11.3 Å². The van der Waals surface area contributed by atoms with Crippen LogP contribution in [0, 0.1) is 18.3 Å². The lowest BCUT2D eigenvalue weighted by Crippen LogP contribution is -2.40. The molecule has 1 saturated heterocycles. The molecule has 0 amide bonds. The van der Waals surface area contributed by atoms with Crippen LogP contribution in [0.2, 0.25) is 0 Å². The number of nitrogens with zero attached hydrogens (tertiary/aromatic N) is 3. The molecule has 4 rings (SSSR count). The third-order valence-electron chi connectivity index (χ3n) is 6.88. The number of ether oxygens (including phenoxy) is 1. The van der Waals surface area contributed by atoms with E-state index in [9.17, 15) is 9.18 Å². The van der Waals surface area contributed by atoms with Gasteiger partial charge in [-0.25, -0.2) is 9.37 Å². The van der Waals surface area contributed by atoms with E-state index in [1.165, 1.54) is 0 Å². The molecule has 1 aliphatic heterocycles. The summed E-state index contributed by atoms with van der Waals surface area (Å²) in [5.41, 5.74) is 7.79. The van der Waals surface area contributed by atoms with Gasteiger partial charge in [-0.15, -0.1) is 0 Å². The highest BCUT2D eigenvalue weighted by Crippen LogP contribution is 2.45. The third kappa shape index (κ3) is 5.93. The quantitative estimate of drug-likeness (QED) is 0.421. The summed E-state index contributed by atoms with van der Waals surface area (Å²) >= 11 is 0. The van der Waals surface area contributed by atoms with E-state index in [0.717, 1.165) is 35.0 Å². The number of ketones is 1. The molecule has 36 heavy (non-hydrogen) atoms. The van der Waals surface area contributed by atoms with Crippen molar-refractivity contribution in [1.82, 2.24) is 14.7 Å². The topological polar surface area (TPSA) is 96.2 Å². The highest BCUT2D eigenvalue weighted by atomic mass is 19.1. The number of halogens is 1. The first-order valence-electron chi connectivity index (χ1n) is 12.7. The molecular formula is C28H37FN4O3. The van der Waals surface area contributed by atoms with E-state index in [1.807, 2.05) is 54.1 Å². The minimum Gasteiger partial charge on any atom is -0.370 e. The van der Waals surface area contributed by atoms with E-state index in [-0.39, 0.29) is 24.7 Å². The minimum absolute atomic E-state index is 0.0354. The Balaban J connectivity index is 1.83. The molecule has 2 N–H and O–H groups in total. The summed E-state index contributed by atoms with van der Waals surface area (Å²) in [5, 5.41) is 4.17. The van der Waals surface area contributed by atoms with Crippen LogP contribution in [0.3, 0.4) is 0 Å². The molecule has 0 spiro atoms. The van der Waals surface area contributed by atoms with Crippen LogP contribution in [0.25, 0.3) is 11.3 Å². The first-order valence-corrected chi connectivity index (χ1v) is 12.7. The molecule has 3 aromatic rings. The van der Waals surface area contributed by atoms with Crippen molar-refractivity contribution in [2.75, 3.05) is 13.2 Å². The van der Waals surface area contributed by atoms with E-state index < -0.39 is 23.6 Å². The molecule has 2 aromatic heterocycles. The average Bonchev–Trinajstić information content (AvgIpc) is 3.60. The van der Waals surface area contributed by atoms with Crippen molar-refractivity contribution in [2.24, 2.45) is 17.1 Å². The number of aryl methyl sites for hydroxylation is 1. The zero-order valence-corrected chi connectivity index (χ0v) is 21.6. The summed E-state index contributed by atoms with van der Waals surface area (Å²) in [6.07, 6.45) is 1.70. The van der Waals surface area contributed by atoms with E-state index in [1.54, 1.807) is 0 Å². The summed E-state index contributed by atoms with van der Waals surface area (Å²) in [6, 6.07) is 11.8. The van der Waals surface area contributed by atoms with Gasteiger partial charge in [-0.2, -0.15) is 0 Å². The number of aromatic nitrogens is 3. The van der Waals surface area contributed by atoms with E-state index >= 15 is 0 Å². The number of imidazole rings is 1. The van der Waals surface area contributed by atoms with Crippen LogP contribution in [0.5, 0.6) is 0 Å². The number of hydrogen-bond acceptors (Lipinski definition) is 6. The second kappa shape index (κ2) is 11.0. The van der Waals surface area contributed by atoms with Gasteiger partial charge < -0.3 is 19.6 Å². The molecule has 7 nitrogen and oxygen atoms in total. The average molecular weight is 497 g/mol. The molecule has 0 aliphatic carbocycles. The van der Waals surface area contributed by atoms with Crippen LogP contribution in [0.4, 0.5) is 4.39 Å². The summed E-state index contributed by atoms with van der Waals surface area (Å²) in [5.74, 6) is 0.385. The lowest BCUT2D eigenvalue weighted by Gasteiger charge is -2.37. The van der Waals surface area contributed by atoms with Gasteiger partial charge in [0, 0.05) is 42.8 Å². The third-order valence-corrected chi connectivity index (χ3v) is 6.88. The normalized spacial score (nSPS) is 18.8. The number of nitrogens with two attached hydrogens (primary N) is 1. The van der Waals surface area contributed by atoms with Crippen LogP contribution in [-0.4, -0.2) is 45.9 Å². The Bertz CT molecular complexity index is 1150. The van der Waals surface area contributed by atoms with Crippen molar-refractivity contribution >= 4 is 5.78 Å². The molecule has 3 heterocycles. The van der Waals surface area contributed by atoms with Crippen molar-refractivity contribution in [3.05, 3.63) is 59.9 Å². The standard InChI is InChI=1S/C28H37FN4O3/c1-18-13-21(32-36-18)16-33-17-23(19-9-6-5-7-10-19)31-27(33)25(28(2,3)4)22(14-20(29)15-30)26(34)24-11-8-12-35-24/h5-7,9-10,13,17,20,22,24-25H,8,11-12,14-16,30H2,1-4H3/t20-,22-,24+,25?/m1/s1. The summed E-state index contributed by atoms with van der Waals surface area (Å²) in [6.45, 7) is 8.92. The zero-order chi connectivity index (χ0) is 25.9. The van der Waals surface area contributed by atoms with Gasteiger partial charge in [-0.1, -0.05) is 56.3 Å². The van der Waals surface area contributed by atoms with Gasteiger partial charge in [-0.3, -0.25) is 4.79 Å². The van der Waals surface area contributed by atoms with Crippen molar-refractivity contribution in [3.63, 3.8) is 0 Å². The maximum Gasteiger partial charge on any atom is 0.165 e. The summed E-state index contributed by atoms with van der Waals surface area (Å²) in [7, 11) is 0. The highest BCUT2D eigenvalue weighted by Gasteiger charge is 2.44. The Hall–Kier alpha value is -2.84. The lowest BCUT2D eigenvalue weighted by atomic mass is 9.68. The minimum atomic E-state index is -1.29. The Labute approximate surface area is 212 Å². The first kappa shape index (κ1) is 26.2. The fourth-order valence-corrected chi connectivity index (χ4v) is 5.22. The van der Waals surface area contributed by atoms with Crippen LogP contribution in [0.15, 0.2) is 47.1 Å². The predicted molar refractivity (Wildman–Crippen MR) is 136 cm³/mol. The maximum atomic E-state index is 14.8. The predicted octanol–water partition coefficient (Wildman–Crippen LogP) is 5.08. The lowest BCUT2D eigenvalue weighted by molar-refractivity contribution is -0.134. The molecule has 194 valence electrons. The number of benzene rings is 1. The summed E-state index contributed by atoms with van der Waals surface area (Å²) < 4.78 is 27.9. The van der Waals surface area contributed by atoms with Gasteiger partial charge in [0.1, 0.15) is 29.6 Å². The van der Waals surface area contributed by atoms with Crippen LogP contribution in [-0.2, 0) is 16.1 Å². The van der Waals surface area contributed by atoms with Crippen molar-refractivity contribution in [2.45, 2.75) is 71.7 Å². The molecule has 8 heteroatoms. The molecule has 1 unspecified atom stereocenters. The smallest absolute Gasteiger partial charge is 0.165 e. The fourth-order valence-electron chi connectivity index (χ4n) is 5.22. The second-order valence-corrected chi connectivity index (χ2v) is 10.8. The monoisotopic (exact) mass is 496 g/mol. The van der Waals surface area contributed by atoms with Crippen molar-refractivity contribution in [1.29, 1.82) is 0 Å². The maximum absolute atomic E-state index is 14.8. The molecule has 1 fully saturated rings. The SMILES string of the molecule is Cc1cc(Cn2cc(-c3ccccc3)nc2C([C@@H](C[C@@H](F)CN)C(=O)[C@@H]2CCCO2)C(C)(C)C)no1. The van der Waals surface area contributed by atoms with Gasteiger partial charge in [0.15, 0.2) is 5.78 Å². The molecule has 4 atom stereocenters. The van der Waals surface area contributed by atoms with Gasteiger partial charge >= 0.3 is 0 Å². The van der Waals surface area contributed by atoms with Gasteiger partial charge in [0.2, 0.25) is 0 Å². The van der Waals surface area contributed by atoms with Crippen molar-refractivity contribution < 1.29 is 18.4 Å². The van der Waals surface area contributed by atoms with E-state index in [0.29, 0.717) is 19.6 Å². The Morgan fingerprint density at radius 1 is 1.28 bits per heavy atom. The number of hydrogen-bond donors (Lipinski definition) is 1. The largest absolute Gasteiger partial charge is 0.370 e. The molecule has 1 aromatic carbocycles. The number of Topliss-reactive ketones (excluding diaryl/α,β-unsaturated/α-hetero) is 1. The van der Waals surface area contributed by atoms with Crippen LogP contribution >= 0.6 is 0 Å². The number of carbonyl (C=O) groups excluding carboxylic acids is 1. The Morgan fingerprint density at radius 2 is 2.03 bits per heavy atom. The molecular weight excluding hydrogens is 459 g/mol. The highest BCUT2D eigenvalue weighted by molar-refractivity contribution is 5.86. The fraction of sp³-hybridized carbons (Fsp3) is 0.536. The first-order chi connectivity index (χ1) is 17.2. The number of rotatable bonds is 10. The van der Waals surface area contributed by atoms with Gasteiger partial charge in [0.25, 0.3) is 0 Å². The number of alkyl halides is 1. The molecule has 0 radical (unpaired) electrons. The number of carbonyl (C=O) groups is 1. The van der Waals surface area contributed by atoms with Crippen LogP contribution in [0.1, 0.15) is 63.2 Å². The second-order valence-electron chi connectivity index (χ2n) is 10.8. The van der Waals surface area contributed by atoms with E-state index in [2.05, 4.69) is 25.9 Å². The molecule has 0 saturated carbocycles. The van der Waals surface area contributed by atoms with Gasteiger partial charge in [0.05, 0.1) is 12.2 Å². The van der Waals surface area contributed by atoms with Gasteiger partial charge in [-0.05, 0) is 31.6 Å². The zero-order valence-electron chi connectivity index (χ0n) is 21.6. The molecule has 0 bridgehead atoms. The summed E-state index contributed by atoms with van der Waals surface area (Å²) in [4.78, 5) is 18.9. The Kier molecular flexibility index (Phi) is 8.05. The van der Waals surface area contributed by atoms with E-state index in [4.69, 9.17) is 20.0 Å². The molecule has 1 aliphatic rings.